The molecule has 3 N–H and O–H groups in total. The quantitative estimate of drug-likeness (QED) is 0.693. The summed E-state index contributed by atoms with van der Waals surface area (Å²) in [4.78, 5) is 24.6. The SMILES string of the molecule is Cc1ccc(C(NC(=O)CCNC(=O)[C@@H]2CCCN2)c2ccc(C)cc2)cc1. The highest BCUT2D eigenvalue weighted by Crippen LogP contribution is 2.23. The summed E-state index contributed by atoms with van der Waals surface area (Å²) in [5.41, 5.74) is 4.45. The van der Waals surface area contributed by atoms with Crippen LogP contribution in [-0.4, -0.2) is 30.9 Å². The van der Waals surface area contributed by atoms with Gasteiger partial charge in [-0.3, -0.25) is 9.59 Å². The van der Waals surface area contributed by atoms with E-state index in [4.69, 9.17) is 0 Å². The van der Waals surface area contributed by atoms with E-state index in [0.717, 1.165) is 30.5 Å². The third-order valence-corrected chi connectivity index (χ3v) is 5.15. The lowest BCUT2D eigenvalue weighted by Crippen LogP contribution is -2.42. The molecule has 0 spiro atoms. The minimum atomic E-state index is -0.207. The summed E-state index contributed by atoms with van der Waals surface area (Å²) < 4.78 is 0. The summed E-state index contributed by atoms with van der Waals surface area (Å²) in [5, 5.41) is 9.15. The maximum absolute atomic E-state index is 12.6. The van der Waals surface area contributed by atoms with Crippen LogP contribution >= 0.6 is 0 Å². The summed E-state index contributed by atoms with van der Waals surface area (Å²) >= 11 is 0. The molecule has 1 aliphatic rings. The van der Waals surface area contributed by atoms with Crippen LogP contribution in [0, 0.1) is 13.8 Å². The van der Waals surface area contributed by atoms with Crippen molar-refractivity contribution in [3.8, 4) is 0 Å². The van der Waals surface area contributed by atoms with Crippen LogP contribution in [0.15, 0.2) is 48.5 Å². The molecule has 5 heteroatoms. The molecule has 0 unspecified atom stereocenters. The fourth-order valence-electron chi connectivity index (χ4n) is 3.44. The van der Waals surface area contributed by atoms with Gasteiger partial charge in [0.25, 0.3) is 0 Å². The number of aryl methyl sites for hydroxylation is 2. The van der Waals surface area contributed by atoms with Gasteiger partial charge in [-0.2, -0.15) is 0 Å². The Morgan fingerprint density at radius 1 is 1.00 bits per heavy atom. The Kier molecular flexibility index (Phi) is 6.82. The van der Waals surface area contributed by atoms with Crippen LogP contribution in [0.25, 0.3) is 0 Å². The Balaban J connectivity index is 1.61. The van der Waals surface area contributed by atoms with E-state index in [-0.39, 0.29) is 30.3 Å². The lowest BCUT2D eigenvalue weighted by Gasteiger charge is -2.20. The highest BCUT2D eigenvalue weighted by atomic mass is 16.2. The van der Waals surface area contributed by atoms with Crippen LogP contribution in [0.4, 0.5) is 0 Å². The van der Waals surface area contributed by atoms with Gasteiger partial charge >= 0.3 is 0 Å². The van der Waals surface area contributed by atoms with Gasteiger partial charge in [0.15, 0.2) is 0 Å². The molecule has 1 fully saturated rings. The zero-order valence-electron chi connectivity index (χ0n) is 16.6. The molecule has 0 saturated carbocycles. The number of carbonyl (C=O) groups is 2. The third kappa shape index (κ3) is 5.42. The lowest BCUT2D eigenvalue weighted by atomic mass is 9.97. The van der Waals surface area contributed by atoms with Crippen LogP contribution < -0.4 is 16.0 Å². The molecule has 0 radical (unpaired) electrons. The van der Waals surface area contributed by atoms with Crippen molar-refractivity contribution in [2.75, 3.05) is 13.1 Å². The number of hydrogen-bond acceptors (Lipinski definition) is 3. The monoisotopic (exact) mass is 379 g/mol. The van der Waals surface area contributed by atoms with E-state index in [1.54, 1.807) is 0 Å². The molecule has 1 aliphatic heterocycles. The second kappa shape index (κ2) is 9.51. The highest BCUT2D eigenvalue weighted by molar-refractivity contribution is 5.83. The Labute approximate surface area is 166 Å². The summed E-state index contributed by atoms with van der Waals surface area (Å²) in [6.45, 7) is 5.32. The first-order chi connectivity index (χ1) is 13.5. The van der Waals surface area contributed by atoms with E-state index in [0.29, 0.717) is 6.54 Å². The standard InChI is InChI=1S/C23H29N3O2/c1-16-5-9-18(10-6-16)22(19-11-7-17(2)8-12-19)26-21(27)13-15-25-23(28)20-4-3-14-24-20/h5-12,20,22,24H,3-4,13-15H2,1-2H3,(H,25,28)(H,26,27)/t20-/m0/s1. The van der Waals surface area contributed by atoms with Crippen LogP contribution in [0.2, 0.25) is 0 Å². The van der Waals surface area contributed by atoms with Gasteiger partial charge in [-0.15, -0.1) is 0 Å². The maximum atomic E-state index is 12.6. The third-order valence-electron chi connectivity index (χ3n) is 5.15. The summed E-state index contributed by atoms with van der Waals surface area (Å²) in [6, 6.07) is 16.1. The van der Waals surface area contributed by atoms with Crippen molar-refractivity contribution in [1.29, 1.82) is 0 Å². The Morgan fingerprint density at radius 3 is 2.07 bits per heavy atom. The van der Waals surface area contributed by atoms with Crippen molar-refractivity contribution in [2.45, 2.75) is 45.2 Å². The van der Waals surface area contributed by atoms with E-state index in [2.05, 4.69) is 40.2 Å². The zero-order valence-corrected chi connectivity index (χ0v) is 16.6. The van der Waals surface area contributed by atoms with E-state index in [1.165, 1.54) is 11.1 Å². The molecule has 2 aromatic rings. The summed E-state index contributed by atoms with van der Waals surface area (Å²) in [7, 11) is 0. The molecule has 1 atom stereocenters. The van der Waals surface area contributed by atoms with Gasteiger partial charge in [0, 0.05) is 13.0 Å². The molecular weight excluding hydrogens is 350 g/mol. The number of benzene rings is 2. The van der Waals surface area contributed by atoms with Crippen LogP contribution in [0.5, 0.6) is 0 Å². The van der Waals surface area contributed by atoms with Crippen LogP contribution in [0.1, 0.15) is 47.6 Å². The van der Waals surface area contributed by atoms with E-state index >= 15 is 0 Å². The minimum Gasteiger partial charge on any atom is -0.354 e. The number of nitrogens with one attached hydrogen (secondary N) is 3. The molecule has 0 aromatic heterocycles. The molecule has 5 nitrogen and oxygen atoms in total. The Hall–Kier alpha value is -2.66. The topological polar surface area (TPSA) is 70.2 Å². The zero-order chi connectivity index (χ0) is 19.9. The molecule has 0 bridgehead atoms. The van der Waals surface area contributed by atoms with E-state index < -0.39 is 0 Å². The normalized spacial score (nSPS) is 16.2. The average molecular weight is 380 g/mol. The molecule has 2 amide bonds. The second-order valence-corrected chi connectivity index (χ2v) is 7.51. The molecule has 1 heterocycles. The molecule has 1 saturated heterocycles. The van der Waals surface area contributed by atoms with Gasteiger partial charge in [-0.25, -0.2) is 0 Å². The van der Waals surface area contributed by atoms with Crippen LogP contribution in [-0.2, 0) is 9.59 Å². The minimum absolute atomic E-state index is 0.0149. The predicted molar refractivity (Wildman–Crippen MR) is 111 cm³/mol. The largest absolute Gasteiger partial charge is 0.354 e. The van der Waals surface area contributed by atoms with E-state index in [1.807, 2.05) is 38.1 Å². The maximum Gasteiger partial charge on any atom is 0.237 e. The molecule has 2 aromatic carbocycles. The van der Waals surface area contributed by atoms with Crippen molar-refractivity contribution >= 4 is 11.8 Å². The summed E-state index contributed by atoms with van der Waals surface area (Å²) in [6.07, 6.45) is 2.14. The second-order valence-electron chi connectivity index (χ2n) is 7.51. The van der Waals surface area contributed by atoms with Crippen molar-refractivity contribution in [3.63, 3.8) is 0 Å². The number of hydrogen-bond donors (Lipinski definition) is 3. The Bertz CT molecular complexity index is 748. The first kappa shape index (κ1) is 20.1. The van der Waals surface area contributed by atoms with E-state index in [9.17, 15) is 9.59 Å². The average Bonchev–Trinajstić information content (AvgIpc) is 3.23. The Morgan fingerprint density at radius 2 is 1.57 bits per heavy atom. The molecule has 3 rings (SSSR count). The summed E-state index contributed by atoms with van der Waals surface area (Å²) in [5.74, 6) is -0.0928. The van der Waals surface area contributed by atoms with Crippen molar-refractivity contribution in [3.05, 3.63) is 70.8 Å². The molecule has 0 aliphatic carbocycles. The molecule has 148 valence electrons. The van der Waals surface area contributed by atoms with Crippen molar-refractivity contribution in [2.24, 2.45) is 0 Å². The van der Waals surface area contributed by atoms with Gasteiger partial charge in [0.05, 0.1) is 12.1 Å². The first-order valence-electron chi connectivity index (χ1n) is 9.96. The number of rotatable bonds is 7. The fourth-order valence-corrected chi connectivity index (χ4v) is 3.44. The fraction of sp³-hybridized carbons (Fsp3) is 0.391. The van der Waals surface area contributed by atoms with Crippen molar-refractivity contribution < 1.29 is 9.59 Å². The molecule has 28 heavy (non-hydrogen) atoms. The first-order valence-corrected chi connectivity index (χ1v) is 9.96. The predicted octanol–water partition coefficient (Wildman–Crippen LogP) is 2.77. The van der Waals surface area contributed by atoms with Gasteiger partial charge in [0.1, 0.15) is 0 Å². The number of amides is 2. The smallest absolute Gasteiger partial charge is 0.237 e. The van der Waals surface area contributed by atoms with Gasteiger partial charge in [-0.1, -0.05) is 59.7 Å². The van der Waals surface area contributed by atoms with Crippen LogP contribution in [0.3, 0.4) is 0 Å². The number of carbonyl (C=O) groups excluding carboxylic acids is 2. The van der Waals surface area contributed by atoms with Gasteiger partial charge in [0.2, 0.25) is 11.8 Å². The molecular formula is C23H29N3O2. The highest BCUT2D eigenvalue weighted by Gasteiger charge is 2.22. The van der Waals surface area contributed by atoms with Gasteiger partial charge in [-0.05, 0) is 44.4 Å². The van der Waals surface area contributed by atoms with Crippen molar-refractivity contribution in [1.82, 2.24) is 16.0 Å². The van der Waals surface area contributed by atoms with Gasteiger partial charge < -0.3 is 16.0 Å². The lowest BCUT2D eigenvalue weighted by molar-refractivity contribution is -0.123.